The second kappa shape index (κ2) is 21.8. The molecule has 0 N–H and O–H groups in total. The number of carbonyl (C=O) groups is 1. The third-order valence-electron chi connectivity index (χ3n) is 6.07. The molecule has 1 rings (SSSR count). The van der Waals surface area contributed by atoms with Crippen molar-refractivity contribution in [2.75, 3.05) is 19.8 Å². The Morgan fingerprint density at radius 2 is 1.14 bits per heavy atom. The summed E-state index contributed by atoms with van der Waals surface area (Å²) in [6, 6.07) is 10.1. The molecule has 0 amide bonds. The highest BCUT2D eigenvalue weighted by molar-refractivity contribution is 5.69. The first kappa shape index (κ1) is 31.6. The average Bonchev–Trinajstić information content (AvgIpc) is 2.87. The zero-order chi connectivity index (χ0) is 25.6. The van der Waals surface area contributed by atoms with Gasteiger partial charge in [-0.25, -0.2) is 0 Å². The van der Waals surface area contributed by atoms with Crippen molar-refractivity contribution in [3.63, 3.8) is 0 Å². The quantitative estimate of drug-likeness (QED) is 0.116. The highest BCUT2D eigenvalue weighted by Gasteiger charge is 2.12. The summed E-state index contributed by atoms with van der Waals surface area (Å²) in [4.78, 5) is 12.0. The summed E-state index contributed by atoms with van der Waals surface area (Å²) in [6.07, 6.45) is 14.4. The molecule has 202 valence electrons. The molecule has 1 aromatic carbocycles. The molecule has 3 unspecified atom stereocenters. The smallest absolute Gasteiger partial charge is 0.305 e. The number of rotatable bonds is 23. The molecule has 0 bridgehead atoms. The SMILES string of the molecule is CCCCCCCCCCCCCC(=O)OCC(C)OCC(C)OCC(C)OCc1ccccc1. The Kier molecular flexibility index (Phi) is 19.7. The number of carbonyl (C=O) groups excluding carboxylic acids is 1. The zero-order valence-electron chi connectivity index (χ0n) is 23.0. The van der Waals surface area contributed by atoms with Gasteiger partial charge in [0.25, 0.3) is 0 Å². The minimum absolute atomic E-state index is 0.00610. The van der Waals surface area contributed by atoms with Gasteiger partial charge >= 0.3 is 5.97 Å². The Morgan fingerprint density at radius 3 is 1.71 bits per heavy atom. The van der Waals surface area contributed by atoms with Crippen molar-refractivity contribution in [3.05, 3.63) is 35.9 Å². The number of ether oxygens (including phenoxy) is 4. The van der Waals surface area contributed by atoms with Crippen molar-refractivity contribution >= 4 is 5.97 Å². The van der Waals surface area contributed by atoms with E-state index in [1.807, 2.05) is 39.0 Å². The topological polar surface area (TPSA) is 54.0 Å². The number of unbranched alkanes of at least 4 members (excludes halogenated alkanes) is 10. The molecule has 1 aromatic rings. The van der Waals surface area contributed by atoms with E-state index in [1.165, 1.54) is 57.8 Å². The first-order valence-electron chi connectivity index (χ1n) is 14.1. The number of benzene rings is 1. The molecular weight excluding hydrogens is 440 g/mol. The zero-order valence-corrected chi connectivity index (χ0v) is 23.0. The van der Waals surface area contributed by atoms with Crippen LogP contribution in [0.25, 0.3) is 0 Å². The summed E-state index contributed by atoms with van der Waals surface area (Å²) in [5, 5.41) is 0. The minimum Gasteiger partial charge on any atom is -0.463 e. The number of hydrogen-bond acceptors (Lipinski definition) is 5. The fourth-order valence-electron chi connectivity index (χ4n) is 3.77. The van der Waals surface area contributed by atoms with Crippen LogP contribution in [0, 0.1) is 0 Å². The van der Waals surface area contributed by atoms with E-state index in [-0.39, 0.29) is 24.3 Å². The van der Waals surface area contributed by atoms with E-state index < -0.39 is 0 Å². The van der Waals surface area contributed by atoms with E-state index in [4.69, 9.17) is 18.9 Å². The molecule has 3 atom stereocenters. The molecule has 0 saturated heterocycles. The van der Waals surface area contributed by atoms with Gasteiger partial charge in [-0.1, -0.05) is 101 Å². The van der Waals surface area contributed by atoms with Crippen LogP contribution in [0.3, 0.4) is 0 Å². The van der Waals surface area contributed by atoms with Crippen molar-refractivity contribution in [2.24, 2.45) is 0 Å². The molecule has 5 nitrogen and oxygen atoms in total. The maximum absolute atomic E-state index is 12.0. The van der Waals surface area contributed by atoms with Crippen LogP contribution in [-0.4, -0.2) is 44.1 Å². The Labute approximate surface area is 215 Å². The van der Waals surface area contributed by atoms with Gasteiger partial charge in [-0.05, 0) is 32.8 Å². The maximum Gasteiger partial charge on any atom is 0.305 e. The molecule has 0 saturated carbocycles. The Bertz CT molecular complexity index is 606. The van der Waals surface area contributed by atoms with Crippen LogP contribution in [-0.2, 0) is 30.3 Å². The van der Waals surface area contributed by atoms with Crippen LogP contribution in [0.2, 0.25) is 0 Å². The first-order valence-corrected chi connectivity index (χ1v) is 14.1. The standard InChI is InChI=1S/C30H52O5/c1-5-6-7-8-9-10-11-12-13-14-18-21-30(31)35-24-28(4)33-22-26(2)32-23-27(3)34-25-29-19-16-15-17-20-29/h15-17,19-20,26-28H,5-14,18,21-25H2,1-4H3. The van der Waals surface area contributed by atoms with Crippen LogP contribution in [0.1, 0.15) is 110 Å². The van der Waals surface area contributed by atoms with Gasteiger partial charge in [0.05, 0.1) is 38.1 Å². The van der Waals surface area contributed by atoms with Gasteiger partial charge in [0, 0.05) is 6.42 Å². The van der Waals surface area contributed by atoms with Crippen LogP contribution < -0.4 is 0 Å². The lowest BCUT2D eigenvalue weighted by Gasteiger charge is -2.20. The van der Waals surface area contributed by atoms with Crippen LogP contribution >= 0.6 is 0 Å². The average molecular weight is 493 g/mol. The van der Waals surface area contributed by atoms with Crippen molar-refractivity contribution < 1.29 is 23.7 Å². The second-order valence-corrected chi connectivity index (χ2v) is 9.86. The lowest BCUT2D eigenvalue weighted by molar-refractivity contribution is -0.148. The first-order chi connectivity index (χ1) is 17.0. The predicted molar refractivity (Wildman–Crippen MR) is 144 cm³/mol. The van der Waals surface area contributed by atoms with E-state index in [9.17, 15) is 4.79 Å². The van der Waals surface area contributed by atoms with Gasteiger partial charge in [0.15, 0.2) is 0 Å². The number of esters is 1. The summed E-state index contributed by atoms with van der Waals surface area (Å²) in [6.45, 7) is 10.0. The van der Waals surface area contributed by atoms with Gasteiger partial charge in [-0.2, -0.15) is 0 Å². The van der Waals surface area contributed by atoms with E-state index >= 15 is 0 Å². The molecule has 0 aliphatic rings. The summed E-state index contributed by atoms with van der Waals surface area (Å²) >= 11 is 0. The molecule has 0 heterocycles. The fourth-order valence-corrected chi connectivity index (χ4v) is 3.77. The van der Waals surface area contributed by atoms with Crippen LogP contribution in [0.4, 0.5) is 0 Å². The third kappa shape index (κ3) is 19.4. The van der Waals surface area contributed by atoms with Gasteiger partial charge < -0.3 is 18.9 Å². The summed E-state index contributed by atoms with van der Waals surface area (Å²) < 4.78 is 22.8. The summed E-state index contributed by atoms with van der Waals surface area (Å²) in [5.41, 5.74) is 1.16. The van der Waals surface area contributed by atoms with Crippen LogP contribution in [0.5, 0.6) is 0 Å². The largest absolute Gasteiger partial charge is 0.463 e. The predicted octanol–water partition coefficient (Wildman–Crippen LogP) is 7.65. The van der Waals surface area contributed by atoms with E-state index in [1.54, 1.807) is 0 Å². The van der Waals surface area contributed by atoms with Crippen molar-refractivity contribution in [3.8, 4) is 0 Å². The van der Waals surface area contributed by atoms with E-state index in [0.29, 0.717) is 32.8 Å². The molecule has 0 fully saturated rings. The Balaban J connectivity index is 1.93. The highest BCUT2D eigenvalue weighted by Crippen LogP contribution is 2.12. The molecule has 0 radical (unpaired) electrons. The van der Waals surface area contributed by atoms with E-state index in [0.717, 1.165) is 18.4 Å². The Hall–Kier alpha value is -1.43. The van der Waals surface area contributed by atoms with E-state index in [2.05, 4.69) is 19.1 Å². The number of hydrogen-bond donors (Lipinski definition) is 0. The van der Waals surface area contributed by atoms with Crippen molar-refractivity contribution in [1.82, 2.24) is 0 Å². The normalized spacial score (nSPS) is 13.9. The third-order valence-corrected chi connectivity index (χ3v) is 6.07. The fraction of sp³-hybridized carbons (Fsp3) is 0.767. The second-order valence-electron chi connectivity index (χ2n) is 9.86. The van der Waals surface area contributed by atoms with Gasteiger partial charge in [-0.3, -0.25) is 4.79 Å². The summed E-state index contributed by atoms with van der Waals surface area (Å²) in [5.74, 6) is -0.120. The monoisotopic (exact) mass is 492 g/mol. The van der Waals surface area contributed by atoms with Gasteiger partial charge in [0.2, 0.25) is 0 Å². The van der Waals surface area contributed by atoms with Crippen molar-refractivity contribution in [1.29, 1.82) is 0 Å². The minimum atomic E-state index is -0.144. The molecule has 0 aliphatic carbocycles. The Morgan fingerprint density at radius 1 is 0.657 bits per heavy atom. The lowest BCUT2D eigenvalue weighted by atomic mass is 10.1. The van der Waals surface area contributed by atoms with Crippen LogP contribution in [0.15, 0.2) is 30.3 Å². The van der Waals surface area contributed by atoms with Crippen molar-refractivity contribution in [2.45, 2.75) is 130 Å². The summed E-state index contributed by atoms with van der Waals surface area (Å²) in [7, 11) is 0. The van der Waals surface area contributed by atoms with Gasteiger partial charge in [0.1, 0.15) is 6.61 Å². The molecule has 0 spiro atoms. The molecule has 35 heavy (non-hydrogen) atoms. The molecule has 5 heteroatoms. The molecule has 0 aliphatic heterocycles. The molecular formula is C30H52O5. The molecule has 0 aromatic heterocycles. The van der Waals surface area contributed by atoms with Gasteiger partial charge in [-0.15, -0.1) is 0 Å². The maximum atomic E-state index is 12.0. The highest BCUT2D eigenvalue weighted by atomic mass is 16.6. The lowest BCUT2D eigenvalue weighted by Crippen LogP contribution is -2.27.